The molecule has 1 aliphatic rings. The molecule has 0 saturated heterocycles. The van der Waals surface area contributed by atoms with E-state index in [9.17, 15) is 9.59 Å². The quantitative estimate of drug-likeness (QED) is 0.744. The van der Waals surface area contributed by atoms with Crippen LogP contribution in [0.1, 0.15) is 26.3 Å². The summed E-state index contributed by atoms with van der Waals surface area (Å²) >= 11 is 5.95. The van der Waals surface area contributed by atoms with Crippen LogP contribution in [-0.4, -0.2) is 23.3 Å². The topological polar surface area (TPSA) is 62.3 Å². The van der Waals surface area contributed by atoms with Crippen molar-refractivity contribution in [3.05, 3.63) is 88.7 Å². The molecule has 0 radical (unpaired) electrons. The van der Waals surface area contributed by atoms with Gasteiger partial charge >= 0.3 is 0 Å². The molecule has 0 aliphatic carbocycles. The van der Waals surface area contributed by atoms with E-state index in [-0.39, 0.29) is 11.8 Å². The van der Waals surface area contributed by atoms with Crippen molar-refractivity contribution in [1.29, 1.82) is 0 Å². The summed E-state index contributed by atoms with van der Waals surface area (Å²) in [4.78, 5) is 31.0. The Morgan fingerprint density at radius 2 is 1.89 bits per heavy atom. The smallest absolute Gasteiger partial charge is 0.259 e. The highest BCUT2D eigenvalue weighted by Gasteiger charge is 2.26. The van der Waals surface area contributed by atoms with Crippen molar-refractivity contribution in [2.75, 3.05) is 16.8 Å². The molecule has 4 rings (SSSR count). The predicted molar refractivity (Wildman–Crippen MR) is 105 cm³/mol. The lowest BCUT2D eigenvalue weighted by molar-refractivity contribution is 0.0987. The molecule has 0 unspecified atom stereocenters. The highest BCUT2D eigenvalue weighted by Crippen LogP contribution is 2.32. The maximum absolute atomic E-state index is 12.8. The number of carbonyl (C=O) groups excluding carboxylic acids is 2. The molecular formula is C21H16ClN3O2. The summed E-state index contributed by atoms with van der Waals surface area (Å²) in [5.74, 6) is -0.347. The van der Waals surface area contributed by atoms with Gasteiger partial charge in [0.1, 0.15) is 0 Å². The van der Waals surface area contributed by atoms with Crippen LogP contribution in [0.3, 0.4) is 0 Å². The molecule has 27 heavy (non-hydrogen) atoms. The van der Waals surface area contributed by atoms with Crippen LogP contribution in [0.15, 0.2) is 67.0 Å². The minimum absolute atomic E-state index is 0.0971. The number of nitrogens with one attached hydrogen (secondary N) is 1. The average Bonchev–Trinajstić information content (AvgIpc) is 3.11. The number of benzene rings is 2. The van der Waals surface area contributed by atoms with Gasteiger partial charge in [0.2, 0.25) is 0 Å². The molecule has 2 heterocycles. The van der Waals surface area contributed by atoms with Gasteiger partial charge in [-0.1, -0.05) is 23.7 Å². The minimum atomic E-state index is -0.249. The maximum atomic E-state index is 12.8. The molecule has 1 aliphatic heterocycles. The predicted octanol–water partition coefficient (Wildman–Crippen LogP) is 4.19. The number of carbonyl (C=O) groups is 2. The summed E-state index contributed by atoms with van der Waals surface area (Å²) in [5, 5.41) is 3.37. The summed E-state index contributed by atoms with van der Waals surface area (Å²) in [5.41, 5.74) is 3.54. The Labute approximate surface area is 161 Å². The zero-order chi connectivity index (χ0) is 18.8. The van der Waals surface area contributed by atoms with Crippen LogP contribution >= 0.6 is 11.6 Å². The first-order chi connectivity index (χ1) is 13.1. The number of halogens is 1. The van der Waals surface area contributed by atoms with Gasteiger partial charge in [0.15, 0.2) is 0 Å². The molecule has 0 atom stereocenters. The Balaban J connectivity index is 1.58. The van der Waals surface area contributed by atoms with E-state index in [1.807, 2.05) is 18.2 Å². The minimum Gasteiger partial charge on any atom is -0.322 e. The van der Waals surface area contributed by atoms with E-state index in [4.69, 9.17) is 11.6 Å². The zero-order valence-corrected chi connectivity index (χ0v) is 15.1. The van der Waals surface area contributed by atoms with Gasteiger partial charge in [-0.05, 0) is 54.4 Å². The summed E-state index contributed by atoms with van der Waals surface area (Å²) in [6, 6.07) is 15.9. The normalized spacial score (nSPS) is 12.6. The zero-order valence-electron chi connectivity index (χ0n) is 14.4. The van der Waals surface area contributed by atoms with Crippen molar-refractivity contribution in [3.63, 3.8) is 0 Å². The summed E-state index contributed by atoms with van der Waals surface area (Å²) < 4.78 is 0. The third kappa shape index (κ3) is 3.55. The highest BCUT2D eigenvalue weighted by molar-refractivity contribution is 6.31. The van der Waals surface area contributed by atoms with Gasteiger partial charge in [-0.25, -0.2) is 0 Å². The average molecular weight is 378 g/mol. The second kappa shape index (κ2) is 7.21. The van der Waals surface area contributed by atoms with E-state index in [0.29, 0.717) is 28.4 Å². The Morgan fingerprint density at radius 3 is 2.67 bits per heavy atom. The van der Waals surface area contributed by atoms with Gasteiger partial charge in [0.25, 0.3) is 11.8 Å². The van der Waals surface area contributed by atoms with Gasteiger partial charge in [0.05, 0.1) is 5.56 Å². The molecule has 0 saturated carbocycles. The molecule has 6 heteroatoms. The lowest BCUT2D eigenvalue weighted by atomic mass is 10.1. The Morgan fingerprint density at radius 1 is 1.04 bits per heavy atom. The van der Waals surface area contributed by atoms with Crippen LogP contribution in [-0.2, 0) is 6.42 Å². The third-order valence-corrected chi connectivity index (χ3v) is 4.71. The Hall–Kier alpha value is -3.18. The van der Waals surface area contributed by atoms with Gasteiger partial charge < -0.3 is 10.2 Å². The molecule has 1 N–H and O–H groups in total. The largest absolute Gasteiger partial charge is 0.322 e. The standard InChI is InChI=1S/C21H16ClN3O2/c22-17-5-1-3-15(11-17)20(26)24-18-7-6-14-8-10-25(19(14)12-18)21(27)16-4-2-9-23-13-16/h1-7,9,11-13H,8,10H2,(H,24,26). The lowest BCUT2D eigenvalue weighted by Crippen LogP contribution is -2.29. The number of amides is 2. The van der Waals surface area contributed by atoms with Crippen molar-refractivity contribution < 1.29 is 9.59 Å². The fraction of sp³-hybridized carbons (Fsp3) is 0.0952. The number of nitrogens with zero attached hydrogens (tertiary/aromatic N) is 2. The fourth-order valence-electron chi connectivity index (χ4n) is 3.15. The molecule has 1 aromatic heterocycles. The first-order valence-electron chi connectivity index (χ1n) is 8.53. The SMILES string of the molecule is O=C(Nc1ccc2c(c1)N(C(=O)c1cccnc1)CC2)c1cccc(Cl)c1. The van der Waals surface area contributed by atoms with Crippen LogP contribution in [0.4, 0.5) is 11.4 Å². The maximum Gasteiger partial charge on any atom is 0.259 e. The third-order valence-electron chi connectivity index (χ3n) is 4.48. The van der Waals surface area contributed by atoms with E-state index in [0.717, 1.165) is 17.7 Å². The van der Waals surface area contributed by atoms with E-state index < -0.39 is 0 Å². The van der Waals surface area contributed by atoms with Gasteiger partial charge in [-0.3, -0.25) is 14.6 Å². The number of hydrogen-bond acceptors (Lipinski definition) is 3. The number of fused-ring (bicyclic) bond motifs is 1. The van der Waals surface area contributed by atoms with Crippen molar-refractivity contribution in [2.45, 2.75) is 6.42 Å². The molecule has 0 bridgehead atoms. The van der Waals surface area contributed by atoms with E-state index in [1.165, 1.54) is 0 Å². The number of rotatable bonds is 3. The molecule has 2 amide bonds. The molecule has 0 fully saturated rings. The van der Waals surface area contributed by atoms with Crippen LogP contribution < -0.4 is 10.2 Å². The number of hydrogen-bond donors (Lipinski definition) is 1. The summed E-state index contributed by atoms with van der Waals surface area (Å²) in [7, 11) is 0. The summed E-state index contributed by atoms with van der Waals surface area (Å²) in [6.07, 6.45) is 3.98. The van der Waals surface area contributed by atoms with E-state index >= 15 is 0 Å². The van der Waals surface area contributed by atoms with Crippen molar-refractivity contribution >= 4 is 34.8 Å². The van der Waals surface area contributed by atoms with Crippen LogP contribution in [0.2, 0.25) is 5.02 Å². The molecule has 3 aromatic rings. The van der Waals surface area contributed by atoms with Crippen molar-refractivity contribution in [3.8, 4) is 0 Å². The first-order valence-corrected chi connectivity index (χ1v) is 8.91. The fourth-order valence-corrected chi connectivity index (χ4v) is 3.34. The first kappa shape index (κ1) is 17.2. The van der Waals surface area contributed by atoms with E-state index in [2.05, 4.69) is 10.3 Å². The number of pyridine rings is 1. The molecular weight excluding hydrogens is 362 g/mol. The van der Waals surface area contributed by atoms with Gasteiger partial charge in [-0.2, -0.15) is 0 Å². The van der Waals surface area contributed by atoms with Gasteiger partial charge in [0, 0.05) is 40.9 Å². The second-order valence-corrected chi connectivity index (χ2v) is 6.69. The van der Waals surface area contributed by atoms with Gasteiger partial charge in [-0.15, -0.1) is 0 Å². The molecule has 2 aromatic carbocycles. The highest BCUT2D eigenvalue weighted by atomic mass is 35.5. The lowest BCUT2D eigenvalue weighted by Gasteiger charge is -2.18. The molecule has 134 valence electrons. The second-order valence-electron chi connectivity index (χ2n) is 6.26. The van der Waals surface area contributed by atoms with E-state index in [1.54, 1.807) is 53.7 Å². The Kier molecular flexibility index (Phi) is 4.60. The Bertz CT molecular complexity index is 1020. The monoisotopic (exact) mass is 377 g/mol. The molecule has 0 spiro atoms. The van der Waals surface area contributed by atoms with Crippen LogP contribution in [0.5, 0.6) is 0 Å². The summed E-state index contributed by atoms with van der Waals surface area (Å²) in [6.45, 7) is 0.606. The van der Waals surface area contributed by atoms with Crippen molar-refractivity contribution in [1.82, 2.24) is 4.98 Å². The number of anilines is 2. The van der Waals surface area contributed by atoms with Crippen LogP contribution in [0, 0.1) is 0 Å². The van der Waals surface area contributed by atoms with Crippen LogP contribution in [0.25, 0.3) is 0 Å². The molecule has 5 nitrogen and oxygen atoms in total. The number of aromatic nitrogens is 1. The van der Waals surface area contributed by atoms with Crippen molar-refractivity contribution in [2.24, 2.45) is 0 Å².